The molecule has 0 saturated carbocycles. The molecule has 3 heteroatoms. The van der Waals surface area contributed by atoms with Crippen LogP contribution in [0.5, 0.6) is 0 Å². The van der Waals surface area contributed by atoms with Crippen LogP contribution in [-0.4, -0.2) is 49.3 Å². The van der Waals surface area contributed by atoms with Gasteiger partial charge in [0.05, 0.1) is 0 Å². The van der Waals surface area contributed by atoms with Crippen molar-refractivity contribution in [2.24, 2.45) is 0 Å². The van der Waals surface area contributed by atoms with Gasteiger partial charge in [-0.05, 0) is 27.4 Å². The van der Waals surface area contributed by atoms with Crippen LogP contribution in [-0.2, 0) is 5.11 Å². The molecule has 2 atom stereocenters. The van der Waals surface area contributed by atoms with Gasteiger partial charge in [0.1, 0.15) is 6.23 Å². The number of hydrogen-bond acceptors (Lipinski definition) is 2. The van der Waals surface area contributed by atoms with E-state index in [2.05, 4.69) is 19.0 Å². The van der Waals surface area contributed by atoms with Crippen LogP contribution in [0.25, 0.3) is 0 Å². The molecule has 65 valence electrons. The SMILES string of the molecule is CC([O])N1CCC(N(C)C)C1. The molecule has 1 rings (SSSR count). The first-order valence-electron chi connectivity index (χ1n) is 4.17. The fourth-order valence-electron chi connectivity index (χ4n) is 1.52. The van der Waals surface area contributed by atoms with E-state index in [1.54, 1.807) is 6.92 Å². The fourth-order valence-corrected chi connectivity index (χ4v) is 1.52. The average molecular weight is 157 g/mol. The Kier molecular flexibility index (Phi) is 2.87. The van der Waals surface area contributed by atoms with E-state index in [9.17, 15) is 5.11 Å². The van der Waals surface area contributed by atoms with Crippen LogP contribution < -0.4 is 0 Å². The van der Waals surface area contributed by atoms with Crippen molar-refractivity contribution < 1.29 is 5.11 Å². The summed E-state index contributed by atoms with van der Waals surface area (Å²) in [4.78, 5) is 4.19. The Labute approximate surface area is 68.6 Å². The maximum Gasteiger partial charge on any atom is 0.143 e. The molecule has 1 aliphatic heterocycles. The molecule has 0 spiro atoms. The second-order valence-electron chi connectivity index (χ2n) is 3.50. The molecule has 1 radical (unpaired) electrons. The van der Waals surface area contributed by atoms with E-state index in [-0.39, 0.29) is 0 Å². The lowest BCUT2D eigenvalue weighted by molar-refractivity contribution is -0.0237. The topological polar surface area (TPSA) is 26.4 Å². The van der Waals surface area contributed by atoms with Gasteiger partial charge in [-0.1, -0.05) is 0 Å². The Morgan fingerprint density at radius 3 is 2.45 bits per heavy atom. The van der Waals surface area contributed by atoms with Crippen LogP contribution >= 0.6 is 0 Å². The van der Waals surface area contributed by atoms with E-state index < -0.39 is 6.23 Å². The summed E-state index contributed by atoms with van der Waals surface area (Å²) in [5.41, 5.74) is 0. The minimum absolute atomic E-state index is 0.528. The molecule has 2 unspecified atom stereocenters. The highest BCUT2D eigenvalue weighted by atomic mass is 16.3. The van der Waals surface area contributed by atoms with Gasteiger partial charge in [0.2, 0.25) is 0 Å². The van der Waals surface area contributed by atoms with Gasteiger partial charge in [-0.2, -0.15) is 0 Å². The molecule has 0 aromatic heterocycles. The molecule has 0 aromatic rings. The van der Waals surface area contributed by atoms with Gasteiger partial charge in [0.25, 0.3) is 0 Å². The molecule has 1 heterocycles. The van der Waals surface area contributed by atoms with Crippen molar-refractivity contribution in [2.45, 2.75) is 25.6 Å². The van der Waals surface area contributed by atoms with Gasteiger partial charge >= 0.3 is 0 Å². The maximum absolute atomic E-state index is 11.0. The van der Waals surface area contributed by atoms with Crippen LogP contribution in [0.4, 0.5) is 0 Å². The minimum atomic E-state index is -0.528. The normalized spacial score (nSPS) is 29.7. The number of likely N-dealkylation sites (tertiary alicyclic amines) is 1. The van der Waals surface area contributed by atoms with Crippen molar-refractivity contribution in [1.29, 1.82) is 0 Å². The zero-order valence-electron chi connectivity index (χ0n) is 7.58. The van der Waals surface area contributed by atoms with Gasteiger partial charge in [-0.3, -0.25) is 4.90 Å². The molecule has 11 heavy (non-hydrogen) atoms. The zero-order chi connectivity index (χ0) is 8.43. The van der Waals surface area contributed by atoms with Crippen molar-refractivity contribution in [1.82, 2.24) is 9.80 Å². The summed E-state index contributed by atoms with van der Waals surface area (Å²) in [6, 6.07) is 0.589. The van der Waals surface area contributed by atoms with E-state index in [1.807, 2.05) is 4.90 Å². The maximum atomic E-state index is 11.0. The van der Waals surface area contributed by atoms with Crippen LogP contribution in [0.15, 0.2) is 0 Å². The van der Waals surface area contributed by atoms with Crippen molar-refractivity contribution in [3.8, 4) is 0 Å². The number of rotatable bonds is 2. The molecule has 0 amide bonds. The van der Waals surface area contributed by atoms with E-state index in [0.29, 0.717) is 6.04 Å². The van der Waals surface area contributed by atoms with Crippen molar-refractivity contribution in [3.05, 3.63) is 0 Å². The molecule has 3 nitrogen and oxygen atoms in total. The highest BCUT2D eigenvalue weighted by Gasteiger charge is 2.26. The van der Waals surface area contributed by atoms with Crippen LogP contribution in [0.1, 0.15) is 13.3 Å². The molecule has 0 bridgehead atoms. The summed E-state index contributed by atoms with van der Waals surface area (Å²) < 4.78 is 0. The lowest BCUT2D eigenvalue weighted by Gasteiger charge is -2.20. The summed E-state index contributed by atoms with van der Waals surface area (Å²) in [5, 5.41) is 11.0. The fraction of sp³-hybridized carbons (Fsp3) is 1.00. The third-order valence-electron chi connectivity index (χ3n) is 2.44. The average Bonchev–Trinajstić information content (AvgIpc) is 2.33. The molecule has 1 fully saturated rings. The molecule has 1 saturated heterocycles. The predicted molar refractivity (Wildman–Crippen MR) is 43.8 cm³/mol. The second-order valence-corrected chi connectivity index (χ2v) is 3.50. The summed E-state index contributed by atoms with van der Waals surface area (Å²) in [6.07, 6.45) is 0.611. The van der Waals surface area contributed by atoms with Gasteiger partial charge < -0.3 is 4.90 Å². The first kappa shape index (κ1) is 8.97. The third kappa shape index (κ3) is 2.15. The highest BCUT2D eigenvalue weighted by molar-refractivity contribution is 4.80. The molecular formula is C8H17N2O. The van der Waals surface area contributed by atoms with Gasteiger partial charge in [-0.15, -0.1) is 0 Å². The van der Waals surface area contributed by atoms with Gasteiger partial charge in [0, 0.05) is 19.1 Å². The van der Waals surface area contributed by atoms with Crippen molar-refractivity contribution >= 4 is 0 Å². The Bertz CT molecular complexity index is 111. The Morgan fingerprint density at radius 2 is 2.18 bits per heavy atom. The first-order valence-corrected chi connectivity index (χ1v) is 4.17. The first-order chi connectivity index (χ1) is 5.11. The van der Waals surface area contributed by atoms with Crippen molar-refractivity contribution in [2.75, 3.05) is 27.2 Å². The molecule has 0 aromatic carbocycles. The zero-order valence-corrected chi connectivity index (χ0v) is 7.58. The predicted octanol–water partition coefficient (Wildman–Crippen LogP) is 0.399. The van der Waals surface area contributed by atoms with E-state index in [0.717, 1.165) is 19.5 Å². The lowest BCUT2D eigenvalue weighted by atomic mass is 10.2. The number of nitrogens with zero attached hydrogens (tertiary/aromatic N) is 2. The Balaban J connectivity index is 2.35. The summed E-state index contributed by atoms with van der Waals surface area (Å²) >= 11 is 0. The standard InChI is InChI=1S/C8H17N2O/c1-7(11)10-5-4-8(6-10)9(2)3/h7-8H,4-6H2,1-3H3. The second kappa shape index (κ2) is 3.52. The Morgan fingerprint density at radius 1 is 1.55 bits per heavy atom. The highest BCUT2D eigenvalue weighted by Crippen LogP contribution is 2.14. The third-order valence-corrected chi connectivity index (χ3v) is 2.44. The molecular weight excluding hydrogens is 140 g/mol. The quantitative estimate of drug-likeness (QED) is 0.580. The van der Waals surface area contributed by atoms with E-state index in [4.69, 9.17) is 0 Å². The lowest BCUT2D eigenvalue weighted by Crippen LogP contribution is -2.34. The van der Waals surface area contributed by atoms with E-state index in [1.165, 1.54) is 0 Å². The summed E-state index contributed by atoms with van der Waals surface area (Å²) in [5.74, 6) is 0. The van der Waals surface area contributed by atoms with Gasteiger partial charge in [-0.25, -0.2) is 5.11 Å². The summed E-state index contributed by atoms with van der Waals surface area (Å²) in [6.45, 7) is 3.63. The monoisotopic (exact) mass is 157 g/mol. The smallest absolute Gasteiger partial charge is 0.143 e. The van der Waals surface area contributed by atoms with Crippen LogP contribution in [0.3, 0.4) is 0 Å². The molecule has 1 aliphatic rings. The van der Waals surface area contributed by atoms with Crippen LogP contribution in [0, 0.1) is 0 Å². The van der Waals surface area contributed by atoms with Crippen molar-refractivity contribution in [3.63, 3.8) is 0 Å². The van der Waals surface area contributed by atoms with E-state index >= 15 is 0 Å². The summed E-state index contributed by atoms with van der Waals surface area (Å²) in [7, 11) is 4.15. The molecule has 0 aliphatic carbocycles. The van der Waals surface area contributed by atoms with Gasteiger partial charge in [0.15, 0.2) is 0 Å². The Hall–Kier alpha value is -0.120. The minimum Gasteiger partial charge on any atom is -0.305 e. The number of hydrogen-bond donors (Lipinski definition) is 0. The van der Waals surface area contributed by atoms with Crippen LogP contribution in [0.2, 0.25) is 0 Å². The molecule has 0 N–H and O–H groups in total. The number of likely N-dealkylation sites (N-methyl/N-ethyl adjacent to an activating group) is 1. The largest absolute Gasteiger partial charge is 0.305 e.